The summed E-state index contributed by atoms with van der Waals surface area (Å²) in [4.78, 5) is 49.9. The molecule has 0 aromatic heterocycles. The van der Waals surface area contributed by atoms with Gasteiger partial charge in [0.1, 0.15) is 0 Å². The van der Waals surface area contributed by atoms with E-state index in [1.807, 2.05) is 4.90 Å². The first-order valence-corrected chi connectivity index (χ1v) is 8.64. The van der Waals surface area contributed by atoms with Gasteiger partial charge in [0.25, 0.3) is 5.69 Å². The molecule has 1 atom stereocenters. The van der Waals surface area contributed by atoms with Gasteiger partial charge in [-0.1, -0.05) is 12.8 Å². The van der Waals surface area contributed by atoms with Crippen LogP contribution in [0.5, 0.6) is 0 Å². The number of carbonyl (C=O) groups is 3. The van der Waals surface area contributed by atoms with Gasteiger partial charge in [-0.25, -0.2) is 4.79 Å². The van der Waals surface area contributed by atoms with Crippen molar-refractivity contribution < 1.29 is 19.3 Å². The zero-order chi connectivity index (χ0) is 18.5. The Balaban J connectivity index is 1.89. The first-order chi connectivity index (χ1) is 12.4. The van der Waals surface area contributed by atoms with Crippen LogP contribution in [0.15, 0.2) is 18.2 Å². The second-order valence-corrected chi connectivity index (χ2v) is 7.01. The Hall–Kier alpha value is -2.97. The zero-order valence-electron chi connectivity index (χ0n) is 14.0. The van der Waals surface area contributed by atoms with Gasteiger partial charge in [-0.3, -0.25) is 30.3 Å². The van der Waals surface area contributed by atoms with Gasteiger partial charge < -0.3 is 4.90 Å². The molecule has 9 nitrogen and oxygen atoms in total. The Morgan fingerprint density at radius 3 is 2.54 bits per heavy atom. The maximum absolute atomic E-state index is 12.8. The second kappa shape index (κ2) is 5.79. The summed E-state index contributed by atoms with van der Waals surface area (Å²) in [6, 6.07) is 3.36. The molecule has 26 heavy (non-hydrogen) atoms. The molecule has 0 saturated carbocycles. The maximum atomic E-state index is 12.8. The highest BCUT2D eigenvalue weighted by Gasteiger charge is 2.59. The molecule has 3 heterocycles. The van der Waals surface area contributed by atoms with E-state index >= 15 is 0 Å². The molecule has 1 aromatic carbocycles. The standard InChI is InChI=1S/C17H18N4O5/c22-14-17(15(23)19-16(24)18-14)9-10-8-11(21(25)26)5-6-12(10)20-7-3-1-2-4-13(17)20/h5-6,8,13H,1-4,7,9H2,(H2,18,19,22,23,24). The predicted octanol–water partition coefficient (Wildman–Crippen LogP) is 1.25. The van der Waals surface area contributed by atoms with Crippen LogP contribution in [0.1, 0.15) is 31.2 Å². The van der Waals surface area contributed by atoms with Gasteiger partial charge in [-0.2, -0.15) is 0 Å². The molecule has 2 fully saturated rings. The number of carbonyl (C=O) groups excluding carboxylic acids is 3. The summed E-state index contributed by atoms with van der Waals surface area (Å²) in [6.07, 6.45) is 3.44. The van der Waals surface area contributed by atoms with Crippen LogP contribution in [0.2, 0.25) is 0 Å². The van der Waals surface area contributed by atoms with Crippen LogP contribution in [0.3, 0.4) is 0 Å². The summed E-state index contributed by atoms with van der Waals surface area (Å²) in [6.45, 7) is 0.658. The fraction of sp³-hybridized carbons (Fsp3) is 0.471. The van der Waals surface area contributed by atoms with Gasteiger partial charge in [0.2, 0.25) is 11.8 Å². The Morgan fingerprint density at radius 1 is 1.12 bits per heavy atom. The molecule has 4 rings (SSSR count). The number of barbiturate groups is 1. The molecule has 0 aliphatic carbocycles. The minimum absolute atomic E-state index is 0.0378. The van der Waals surface area contributed by atoms with Crippen LogP contribution in [0.4, 0.5) is 16.2 Å². The van der Waals surface area contributed by atoms with Crippen molar-refractivity contribution in [2.75, 3.05) is 11.4 Å². The molecule has 3 aliphatic rings. The molecule has 4 amide bonds. The quantitative estimate of drug-likeness (QED) is 0.443. The summed E-state index contributed by atoms with van der Waals surface area (Å²) in [5.74, 6) is -1.25. The molecule has 1 spiro atoms. The number of anilines is 1. The number of rotatable bonds is 1. The lowest BCUT2D eigenvalue weighted by Crippen LogP contribution is -2.71. The average molecular weight is 358 g/mol. The molecule has 0 bridgehead atoms. The number of benzene rings is 1. The second-order valence-electron chi connectivity index (χ2n) is 7.01. The summed E-state index contributed by atoms with van der Waals surface area (Å²) >= 11 is 0. The van der Waals surface area contributed by atoms with Crippen molar-refractivity contribution in [3.05, 3.63) is 33.9 Å². The molecule has 0 radical (unpaired) electrons. The van der Waals surface area contributed by atoms with Gasteiger partial charge >= 0.3 is 6.03 Å². The van der Waals surface area contributed by atoms with Crippen molar-refractivity contribution in [1.82, 2.24) is 10.6 Å². The number of nitro groups is 1. The van der Waals surface area contributed by atoms with E-state index in [1.165, 1.54) is 12.1 Å². The number of hydrogen-bond donors (Lipinski definition) is 2. The topological polar surface area (TPSA) is 122 Å². The number of nitro benzene ring substituents is 1. The highest BCUT2D eigenvalue weighted by molar-refractivity contribution is 6.20. The number of non-ortho nitro benzene ring substituents is 1. The fourth-order valence-corrected chi connectivity index (χ4v) is 4.46. The van der Waals surface area contributed by atoms with Gasteiger partial charge in [0.05, 0.1) is 11.0 Å². The number of fused-ring (bicyclic) bond motifs is 4. The monoisotopic (exact) mass is 358 g/mol. The van der Waals surface area contributed by atoms with Crippen LogP contribution in [0.25, 0.3) is 0 Å². The Kier molecular flexibility index (Phi) is 3.67. The highest BCUT2D eigenvalue weighted by Crippen LogP contribution is 2.46. The van der Waals surface area contributed by atoms with E-state index < -0.39 is 28.2 Å². The normalized spacial score (nSPS) is 24.2. The molecule has 2 N–H and O–H groups in total. The minimum atomic E-state index is -1.46. The third kappa shape index (κ3) is 2.27. The van der Waals surface area contributed by atoms with Gasteiger partial charge in [0, 0.05) is 30.8 Å². The molecular weight excluding hydrogens is 340 g/mol. The minimum Gasteiger partial charge on any atom is -0.367 e. The van der Waals surface area contributed by atoms with Crippen LogP contribution >= 0.6 is 0 Å². The molecule has 136 valence electrons. The van der Waals surface area contributed by atoms with E-state index in [4.69, 9.17) is 0 Å². The Labute approximate surface area is 148 Å². The first kappa shape index (κ1) is 16.5. The first-order valence-electron chi connectivity index (χ1n) is 8.64. The van der Waals surface area contributed by atoms with Gasteiger partial charge in [0.15, 0.2) is 5.41 Å². The van der Waals surface area contributed by atoms with Crippen LogP contribution < -0.4 is 15.5 Å². The lowest BCUT2D eigenvalue weighted by Gasteiger charge is -2.49. The Bertz CT molecular complexity index is 816. The largest absolute Gasteiger partial charge is 0.367 e. The smallest absolute Gasteiger partial charge is 0.328 e. The number of urea groups is 1. The highest BCUT2D eigenvalue weighted by atomic mass is 16.6. The SMILES string of the molecule is O=C1NC(=O)C2(Cc3cc([N+](=O)[O-])ccc3N3CCCCCC32)C(=O)N1. The summed E-state index contributed by atoms with van der Waals surface area (Å²) in [5, 5.41) is 15.6. The van der Waals surface area contributed by atoms with E-state index in [0.717, 1.165) is 24.9 Å². The van der Waals surface area contributed by atoms with Crippen LogP contribution in [-0.4, -0.2) is 35.4 Å². The third-order valence-corrected chi connectivity index (χ3v) is 5.64. The molecular formula is C17H18N4O5. The molecule has 3 aliphatic heterocycles. The number of nitrogens with one attached hydrogen (secondary N) is 2. The zero-order valence-corrected chi connectivity index (χ0v) is 14.0. The molecule has 2 saturated heterocycles. The summed E-state index contributed by atoms with van der Waals surface area (Å²) in [5.41, 5.74) is -0.136. The fourth-order valence-electron chi connectivity index (χ4n) is 4.46. The number of imide groups is 2. The molecule has 9 heteroatoms. The average Bonchev–Trinajstić information content (AvgIpc) is 2.85. The van der Waals surface area contributed by atoms with Crippen molar-refractivity contribution in [2.45, 2.75) is 38.1 Å². The predicted molar refractivity (Wildman–Crippen MR) is 90.5 cm³/mol. The van der Waals surface area contributed by atoms with Crippen molar-refractivity contribution >= 4 is 29.2 Å². The van der Waals surface area contributed by atoms with Crippen LogP contribution in [-0.2, 0) is 16.0 Å². The Morgan fingerprint density at radius 2 is 1.85 bits per heavy atom. The number of nitrogens with zero attached hydrogens (tertiary/aromatic N) is 2. The van der Waals surface area contributed by atoms with E-state index in [2.05, 4.69) is 10.6 Å². The van der Waals surface area contributed by atoms with E-state index in [0.29, 0.717) is 18.5 Å². The molecule has 1 aromatic rings. The third-order valence-electron chi connectivity index (χ3n) is 5.64. The maximum Gasteiger partial charge on any atom is 0.328 e. The number of hydrogen-bond acceptors (Lipinski definition) is 6. The van der Waals surface area contributed by atoms with E-state index in [1.54, 1.807) is 6.07 Å². The van der Waals surface area contributed by atoms with Crippen molar-refractivity contribution in [2.24, 2.45) is 5.41 Å². The molecule has 1 unspecified atom stereocenters. The van der Waals surface area contributed by atoms with E-state index in [-0.39, 0.29) is 18.2 Å². The van der Waals surface area contributed by atoms with Crippen LogP contribution in [0, 0.1) is 15.5 Å². The van der Waals surface area contributed by atoms with E-state index in [9.17, 15) is 24.5 Å². The lowest BCUT2D eigenvalue weighted by atomic mass is 9.67. The summed E-state index contributed by atoms with van der Waals surface area (Å²) in [7, 11) is 0. The number of amides is 4. The van der Waals surface area contributed by atoms with Gasteiger partial charge in [-0.05, 0) is 24.5 Å². The summed E-state index contributed by atoms with van der Waals surface area (Å²) < 4.78 is 0. The van der Waals surface area contributed by atoms with Crippen molar-refractivity contribution in [3.63, 3.8) is 0 Å². The lowest BCUT2D eigenvalue weighted by molar-refractivity contribution is -0.384. The van der Waals surface area contributed by atoms with Crippen molar-refractivity contribution in [3.8, 4) is 0 Å². The van der Waals surface area contributed by atoms with Gasteiger partial charge in [-0.15, -0.1) is 0 Å². The van der Waals surface area contributed by atoms with Crippen molar-refractivity contribution in [1.29, 1.82) is 0 Å².